The number of carbonyl (C=O) groups excluding carboxylic acids is 3. The number of benzene rings is 1. The molecule has 4 heterocycles. The number of anilines is 1. The van der Waals surface area contributed by atoms with E-state index in [0.717, 1.165) is 18.4 Å². The third kappa shape index (κ3) is 1.83. The van der Waals surface area contributed by atoms with Gasteiger partial charge in [-0.1, -0.05) is 30.7 Å². The maximum atomic E-state index is 13.5. The molecule has 0 unspecified atom stereocenters. The van der Waals surface area contributed by atoms with E-state index in [-0.39, 0.29) is 29.8 Å². The topological polar surface area (TPSA) is 69.7 Å². The Kier molecular flexibility index (Phi) is 3.53. The number of likely N-dealkylation sites (tertiary alicyclic amines) is 1. The Bertz CT molecular complexity index is 887. The monoisotopic (exact) mass is 387 g/mol. The second kappa shape index (κ2) is 5.55. The molecule has 5 rings (SSSR count). The molecule has 0 saturated carbocycles. The molecule has 27 heavy (non-hydrogen) atoms. The van der Waals surface area contributed by atoms with Crippen LogP contribution >= 0.6 is 11.6 Å². The highest BCUT2D eigenvalue weighted by Gasteiger charge is 2.74. The van der Waals surface area contributed by atoms with Crippen molar-refractivity contribution in [2.75, 3.05) is 11.9 Å². The van der Waals surface area contributed by atoms with Crippen molar-refractivity contribution in [2.24, 2.45) is 11.8 Å². The Hall–Kier alpha value is -1.92. The van der Waals surface area contributed by atoms with E-state index in [1.54, 1.807) is 6.07 Å². The molecule has 0 aliphatic carbocycles. The zero-order valence-corrected chi connectivity index (χ0v) is 16.1. The van der Waals surface area contributed by atoms with Crippen LogP contribution in [0.4, 0.5) is 5.69 Å². The Morgan fingerprint density at radius 2 is 2.07 bits per heavy atom. The average Bonchev–Trinajstić information content (AvgIpc) is 3.34. The molecule has 3 saturated heterocycles. The first-order valence-corrected chi connectivity index (χ1v) is 10.1. The van der Waals surface area contributed by atoms with Crippen molar-refractivity contribution in [1.29, 1.82) is 0 Å². The minimum atomic E-state index is -1.12. The van der Waals surface area contributed by atoms with Gasteiger partial charge in [-0.15, -0.1) is 0 Å². The van der Waals surface area contributed by atoms with Gasteiger partial charge in [-0.3, -0.25) is 24.2 Å². The molecule has 0 aromatic heterocycles. The van der Waals surface area contributed by atoms with Gasteiger partial charge >= 0.3 is 0 Å². The number of para-hydroxylation sites is 1. The molecular weight excluding hydrogens is 366 g/mol. The Labute approximate surface area is 162 Å². The van der Waals surface area contributed by atoms with E-state index in [4.69, 9.17) is 11.6 Å². The Morgan fingerprint density at radius 3 is 2.81 bits per heavy atom. The number of nitrogens with one attached hydrogen (secondary N) is 1. The Morgan fingerprint density at radius 1 is 1.30 bits per heavy atom. The molecule has 3 amide bonds. The summed E-state index contributed by atoms with van der Waals surface area (Å²) in [7, 11) is 0. The fraction of sp³-hybridized carbons (Fsp3) is 0.550. The van der Waals surface area contributed by atoms with Crippen molar-refractivity contribution >= 4 is 35.0 Å². The molecule has 6 nitrogen and oxygen atoms in total. The number of amides is 3. The van der Waals surface area contributed by atoms with Crippen molar-refractivity contribution in [3.8, 4) is 0 Å². The van der Waals surface area contributed by atoms with Crippen LogP contribution in [0.3, 0.4) is 0 Å². The van der Waals surface area contributed by atoms with Crippen LogP contribution in [0, 0.1) is 11.8 Å². The third-order valence-electron chi connectivity index (χ3n) is 7.04. The fourth-order valence-electron chi connectivity index (χ4n) is 5.83. The molecule has 7 heteroatoms. The number of hydrogen-bond donors (Lipinski definition) is 1. The van der Waals surface area contributed by atoms with E-state index < -0.39 is 17.4 Å². The summed E-state index contributed by atoms with van der Waals surface area (Å²) in [6.07, 6.45) is 2.45. The van der Waals surface area contributed by atoms with Crippen LogP contribution in [-0.2, 0) is 19.9 Å². The van der Waals surface area contributed by atoms with Gasteiger partial charge in [-0.25, -0.2) is 0 Å². The maximum absolute atomic E-state index is 13.5. The first-order valence-electron chi connectivity index (χ1n) is 9.68. The van der Waals surface area contributed by atoms with Crippen molar-refractivity contribution in [2.45, 2.75) is 50.7 Å². The predicted octanol–water partition coefficient (Wildman–Crippen LogP) is 2.37. The normalized spacial score (nSPS) is 35.6. The number of carbonyl (C=O) groups is 3. The molecule has 1 aromatic carbocycles. The lowest BCUT2D eigenvalue weighted by molar-refractivity contribution is -0.147. The molecule has 142 valence electrons. The summed E-state index contributed by atoms with van der Waals surface area (Å²) in [4.78, 5) is 43.7. The smallest absolute Gasteiger partial charge is 0.250 e. The second-order valence-corrected chi connectivity index (χ2v) is 8.50. The lowest BCUT2D eigenvalue weighted by Crippen LogP contribution is -2.54. The van der Waals surface area contributed by atoms with Crippen LogP contribution in [0.5, 0.6) is 0 Å². The van der Waals surface area contributed by atoms with Crippen LogP contribution in [-0.4, -0.2) is 46.1 Å². The molecule has 1 aromatic rings. The van der Waals surface area contributed by atoms with E-state index in [1.165, 1.54) is 4.90 Å². The first kappa shape index (κ1) is 17.2. The molecule has 5 atom stereocenters. The molecule has 4 aliphatic rings. The second-order valence-electron chi connectivity index (χ2n) is 8.09. The summed E-state index contributed by atoms with van der Waals surface area (Å²) in [5.74, 6) is -1.68. The lowest BCUT2D eigenvalue weighted by atomic mass is 9.75. The highest BCUT2D eigenvalue weighted by Crippen LogP contribution is 2.61. The van der Waals surface area contributed by atoms with E-state index in [9.17, 15) is 14.4 Å². The van der Waals surface area contributed by atoms with Crippen LogP contribution in [0.25, 0.3) is 0 Å². The van der Waals surface area contributed by atoms with Gasteiger partial charge in [0.25, 0.3) is 5.91 Å². The van der Waals surface area contributed by atoms with E-state index in [1.807, 2.05) is 26.0 Å². The molecule has 1 N–H and O–H groups in total. The summed E-state index contributed by atoms with van der Waals surface area (Å²) in [5, 5.41) is 3.39. The Balaban J connectivity index is 1.74. The predicted molar refractivity (Wildman–Crippen MR) is 100 cm³/mol. The van der Waals surface area contributed by atoms with Gasteiger partial charge in [0.1, 0.15) is 5.54 Å². The molecule has 0 bridgehead atoms. The first-order chi connectivity index (χ1) is 12.9. The van der Waals surface area contributed by atoms with E-state index in [0.29, 0.717) is 23.7 Å². The van der Waals surface area contributed by atoms with Crippen LogP contribution in [0.2, 0.25) is 5.02 Å². The quantitative estimate of drug-likeness (QED) is 0.791. The summed E-state index contributed by atoms with van der Waals surface area (Å²) < 4.78 is 0. The van der Waals surface area contributed by atoms with Gasteiger partial charge in [0.2, 0.25) is 11.8 Å². The highest BCUT2D eigenvalue weighted by molar-refractivity contribution is 6.35. The minimum Gasteiger partial charge on any atom is -0.323 e. The van der Waals surface area contributed by atoms with Crippen LogP contribution < -0.4 is 5.32 Å². The molecule has 0 radical (unpaired) electrons. The number of imide groups is 1. The number of halogens is 1. The lowest BCUT2D eigenvalue weighted by Gasteiger charge is -2.37. The van der Waals surface area contributed by atoms with Crippen molar-refractivity contribution in [3.63, 3.8) is 0 Å². The van der Waals surface area contributed by atoms with Gasteiger partial charge in [0.05, 0.1) is 22.5 Å². The summed E-state index contributed by atoms with van der Waals surface area (Å²) in [6, 6.07) is 5.19. The van der Waals surface area contributed by atoms with Crippen molar-refractivity contribution < 1.29 is 14.4 Å². The van der Waals surface area contributed by atoms with E-state index in [2.05, 4.69) is 10.2 Å². The molecule has 1 spiro atoms. The minimum absolute atomic E-state index is 0.0730. The van der Waals surface area contributed by atoms with E-state index >= 15 is 0 Å². The number of hydrogen-bond acceptors (Lipinski definition) is 4. The third-order valence-corrected chi connectivity index (χ3v) is 7.36. The molecular formula is C20H22ClN3O3. The average molecular weight is 388 g/mol. The van der Waals surface area contributed by atoms with Crippen LogP contribution in [0.1, 0.15) is 38.7 Å². The van der Waals surface area contributed by atoms with Crippen LogP contribution in [0.15, 0.2) is 18.2 Å². The number of nitrogens with zero attached hydrogens (tertiary/aromatic N) is 2. The number of rotatable bonds is 2. The van der Waals surface area contributed by atoms with Gasteiger partial charge in [0, 0.05) is 17.6 Å². The zero-order valence-electron chi connectivity index (χ0n) is 15.4. The fourth-order valence-corrected chi connectivity index (χ4v) is 6.06. The molecule has 4 aliphatic heterocycles. The van der Waals surface area contributed by atoms with Gasteiger partial charge in [-0.2, -0.15) is 0 Å². The highest BCUT2D eigenvalue weighted by atomic mass is 35.5. The zero-order chi connectivity index (χ0) is 19.1. The van der Waals surface area contributed by atoms with Gasteiger partial charge in [0.15, 0.2) is 0 Å². The largest absolute Gasteiger partial charge is 0.323 e. The summed E-state index contributed by atoms with van der Waals surface area (Å²) in [5.41, 5.74) is 0.199. The summed E-state index contributed by atoms with van der Waals surface area (Å²) in [6.45, 7) is 4.57. The van der Waals surface area contributed by atoms with Crippen molar-refractivity contribution in [3.05, 3.63) is 28.8 Å². The maximum Gasteiger partial charge on any atom is 0.250 e. The number of fused-ring (bicyclic) bond motifs is 7. The van der Waals surface area contributed by atoms with Crippen molar-refractivity contribution in [1.82, 2.24) is 9.80 Å². The standard InChI is InChI=1S/C20H22ClN3O3/c1-3-10(2)24-17(25)14-13-8-5-9-23(13)20(15(14)18(24)26)11-6-4-7-12(21)16(11)22-19(20)27/h4,6-7,10,13-15H,3,5,8-9H2,1-2H3,(H,22,27)/t10-,13+,14+,15-,20-/m0/s1. The van der Waals surface area contributed by atoms with Gasteiger partial charge < -0.3 is 5.32 Å². The van der Waals surface area contributed by atoms with Gasteiger partial charge in [-0.05, 0) is 38.8 Å². The summed E-state index contributed by atoms with van der Waals surface area (Å²) >= 11 is 6.35. The SMILES string of the molecule is CC[C@H](C)N1C(=O)[C@@H]2[C@H]3CCCN3[C@]3(C(=O)Nc4c(Cl)cccc43)[C@@H]2C1=O. The molecule has 3 fully saturated rings.